The molecule has 15 heavy (non-hydrogen) atoms. The maximum absolute atomic E-state index is 12.5. The summed E-state index contributed by atoms with van der Waals surface area (Å²) in [5, 5.41) is 8.74. The van der Waals surface area contributed by atoms with Crippen molar-refractivity contribution in [2.24, 2.45) is 0 Å². The number of aromatic carboxylic acids is 1. The largest absolute Gasteiger partial charge is 0.478 e. The Bertz CT molecular complexity index is 396. The number of carboxylic acids is 1. The van der Waals surface area contributed by atoms with E-state index in [0.29, 0.717) is 0 Å². The molecule has 3 nitrogen and oxygen atoms in total. The van der Waals surface area contributed by atoms with Crippen molar-refractivity contribution in [2.45, 2.75) is 19.2 Å². The molecule has 0 saturated carbocycles. The zero-order valence-electron chi connectivity index (χ0n) is 7.80. The highest BCUT2D eigenvalue weighted by Gasteiger charge is 2.20. The van der Waals surface area contributed by atoms with Gasteiger partial charge in [-0.25, -0.2) is 13.6 Å². The number of rotatable bonds is 3. The van der Waals surface area contributed by atoms with Gasteiger partial charge in [0.25, 0.3) is 6.43 Å². The molecule has 1 N–H and O–H groups in total. The smallest absolute Gasteiger partial charge is 0.337 e. The van der Waals surface area contributed by atoms with Crippen molar-refractivity contribution in [1.82, 2.24) is 4.98 Å². The van der Waals surface area contributed by atoms with E-state index >= 15 is 0 Å². The van der Waals surface area contributed by atoms with E-state index in [1.807, 2.05) is 0 Å². The van der Waals surface area contributed by atoms with Crippen LogP contribution < -0.4 is 0 Å². The molecule has 0 fully saturated rings. The van der Waals surface area contributed by atoms with E-state index in [2.05, 4.69) is 4.98 Å². The van der Waals surface area contributed by atoms with Crippen molar-refractivity contribution in [3.63, 3.8) is 0 Å². The number of carbonyl (C=O) groups is 1. The average Bonchev–Trinajstić information content (AvgIpc) is 2.16. The van der Waals surface area contributed by atoms with Crippen LogP contribution in [0.25, 0.3) is 0 Å². The predicted octanol–water partition coefficient (Wildman–Crippen LogP) is 2.76. The molecular weight excluding hydrogens is 228 g/mol. The molecule has 1 rings (SSSR count). The zero-order valence-corrected chi connectivity index (χ0v) is 8.55. The third-order valence-electron chi connectivity index (χ3n) is 2.07. The molecule has 0 amide bonds. The van der Waals surface area contributed by atoms with Crippen LogP contribution in [0, 0.1) is 6.92 Å². The van der Waals surface area contributed by atoms with Crippen LogP contribution in [0.2, 0.25) is 0 Å². The fraction of sp³-hybridized carbons (Fsp3) is 0.333. The number of aromatic nitrogens is 1. The first-order valence-corrected chi connectivity index (χ1v) is 4.58. The number of hydrogen-bond donors (Lipinski definition) is 1. The molecule has 6 heteroatoms. The van der Waals surface area contributed by atoms with Gasteiger partial charge in [0.05, 0.1) is 5.56 Å². The number of pyridine rings is 1. The van der Waals surface area contributed by atoms with Crippen LogP contribution in [-0.2, 0) is 5.88 Å². The molecule has 0 radical (unpaired) electrons. The molecule has 0 aliphatic heterocycles. The Labute approximate surface area is 89.7 Å². The van der Waals surface area contributed by atoms with Gasteiger partial charge in [0.15, 0.2) is 0 Å². The van der Waals surface area contributed by atoms with Gasteiger partial charge in [0, 0.05) is 12.1 Å². The summed E-state index contributed by atoms with van der Waals surface area (Å²) in [4.78, 5) is 14.1. The van der Waals surface area contributed by atoms with E-state index in [9.17, 15) is 13.6 Å². The predicted molar refractivity (Wildman–Crippen MR) is 50.4 cm³/mol. The monoisotopic (exact) mass is 235 g/mol. The molecule has 0 bridgehead atoms. The summed E-state index contributed by atoms with van der Waals surface area (Å²) in [5.41, 5.74) is -0.225. The lowest BCUT2D eigenvalue weighted by Gasteiger charge is -2.10. The third-order valence-corrected chi connectivity index (χ3v) is 2.34. The van der Waals surface area contributed by atoms with Crippen LogP contribution in [0.3, 0.4) is 0 Å². The number of nitrogens with zero attached hydrogens (tertiary/aromatic N) is 1. The first-order valence-electron chi connectivity index (χ1n) is 4.04. The van der Waals surface area contributed by atoms with Crippen LogP contribution in [0.4, 0.5) is 8.78 Å². The number of halogens is 3. The summed E-state index contributed by atoms with van der Waals surface area (Å²) in [5.74, 6) is -1.38. The Hall–Kier alpha value is -1.23. The van der Waals surface area contributed by atoms with Crippen molar-refractivity contribution >= 4 is 17.6 Å². The van der Waals surface area contributed by atoms with E-state index in [4.69, 9.17) is 16.7 Å². The molecule has 0 aliphatic rings. The molecule has 82 valence electrons. The van der Waals surface area contributed by atoms with Crippen molar-refractivity contribution in [2.75, 3.05) is 0 Å². The fourth-order valence-electron chi connectivity index (χ4n) is 1.24. The molecular formula is C9H8ClF2NO2. The standard InChI is InChI=1S/C9H8ClF2NO2/c1-4-5(2-10)7(8(11)12)13-3-6(4)9(14)15/h3,8H,2H2,1H3,(H,14,15). The van der Waals surface area contributed by atoms with Crippen LogP contribution >= 0.6 is 11.6 Å². The Morgan fingerprint density at radius 1 is 1.67 bits per heavy atom. The van der Waals surface area contributed by atoms with Crippen LogP contribution in [0.5, 0.6) is 0 Å². The highest BCUT2D eigenvalue weighted by atomic mass is 35.5. The summed E-state index contributed by atoms with van der Waals surface area (Å²) in [6, 6.07) is 0. The minimum atomic E-state index is -2.75. The fourth-order valence-corrected chi connectivity index (χ4v) is 1.57. The second-order valence-corrected chi connectivity index (χ2v) is 3.17. The van der Waals surface area contributed by atoms with Gasteiger partial charge in [-0.15, -0.1) is 11.6 Å². The van der Waals surface area contributed by atoms with E-state index in [-0.39, 0.29) is 22.6 Å². The summed E-state index contributed by atoms with van der Waals surface area (Å²) in [7, 11) is 0. The van der Waals surface area contributed by atoms with E-state index in [1.54, 1.807) is 0 Å². The molecule has 0 saturated heterocycles. The lowest BCUT2D eigenvalue weighted by Crippen LogP contribution is -2.07. The minimum Gasteiger partial charge on any atom is -0.478 e. The van der Waals surface area contributed by atoms with Crippen LogP contribution in [-0.4, -0.2) is 16.1 Å². The van der Waals surface area contributed by atoms with Gasteiger partial charge in [-0.05, 0) is 18.1 Å². The van der Waals surface area contributed by atoms with Crippen molar-refractivity contribution in [1.29, 1.82) is 0 Å². The first-order chi connectivity index (χ1) is 6.99. The molecule has 0 spiro atoms. The van der Waals surface area contributed by atoms with Crippen molar-refractivity contribution < 1.29 is 18.7 Å². The molecule has 1 heterocycles. The Kier molecular flexibility index (Phi) is 3.57. The van der Waals surface area contributed by atoms with E-state index in [0.717, 1.165) is 6.20 Å². The van der Waals surface area contributed by atoms with Gasteiger partial charge in [-0.1, -0.05) is 0 Å². The molecule has 1 aromatic rings. The highest BCUT2D eigenvalue weighted by Crippen LogP contribution is 2.26. The van der Waals surface area contributed by atoms with Gasteiger partial charge in [-0.3, -0.25) is 4.98 Å². The second kappa shape index (κ2) is 4.53. The summed E-state index contributed by atoms with van der Waals surface area (Å²) >= 11 is 5.49. The maximum atomic E-state index is 12.5. The van der Waals surface area contributed by atoms with Gasteiger partial charge in [-0.2, -0.15) is 0 Å². The Balaban J connectivity index is 3.39. The zero-order chi connectivity index (χ0) is 11.6. The topological polar surface area (TPSA) is 50.2 Å². The number of alkyl halides is 3. The minimum absolute atomic E-state index is 0.0894. The van der Waals surface area contributed by atoms with Gasteiger partial charge in [0.1, 0.15) is 5.69 Å². The Morgan fingerprint density at radius 3 is 2.67 bits per heavy atom. The lowest BCUT2D eigenvalue weighted by molar-refractivity contribution is 0.0694. The SMILES string of the molecule is Cc1c(C(=O)O)cnc(C(F)F)c1CCl. The van der Waals surface area contributed by atoms with Crippen LogP contribution in [0.1, 0.15) is 33.6 Å². The lowest BCUT2D eigenvalue weighted by atomic mass is 10.0. The van der Waals surface area contributed by atoms with Crippen LogP contribution in [0.15, 0.2) is 6.20 Å². The van der Waals surface area contributed by atoms with E-state index < -0.39 is 18.1 Å². The number of hydrogen-bond acceptors (Lipinski definition) is 2. The van der Waals surface area contributed by atoms with Crippen molar-refractivity contribution in [3.05, 3.63) is 28.6 Å². The van der Waals surface area contributed by atoms with Gasteiger partial charge in [0.2, 0.25) is 0 Å². The quantitative estimate of drug-likeness (QED) is 0.820. The molecule has 0 unspecified atom stereocenters. The molecule has 0 atom stereocenters. The summed E-state index contributed by atoms with van der Waals surface area (Å²) < 4.78 is 24.9. The maximum Gasteiger partial charge on any atom is 0.337 e. The summed E-state index contributed by atoms with van der Waals surface area (Å²) in [6.45, 7) is 1.44. The van der Waals surface area contributed by atoms with Crippen molar-refractivity contribution in [3.8, 4) is 0 Å². The third kappa shape index (κ3) is 2.23. The Morgan fingerprint density at radius 2 is 2.27 bits per heavy atom. The molecule has 0 aliphatic carbocycles. The first kappa shape index (κ1) is 11.8. The average molecular weight is 236 g/mol. The van der Waals surface area contributed by atoms with Gasteiger partial charge < -0.3 is 5.11 Å². The second-order valence-electron chi connectivity index (χ2n) is 2.90. The number of carboxylic acid groups (broad SMARTS) is 1. The normalized spacial score (nSPS) is 10.7. The summed E-state index contributed by atoms with van der Waals surface area (Å²) in [6.07, 6.45) is -1.82. The molecule has 0 aromatic carbocycles. The highest BCUT2D eigenvalue weighted by molar-refractivity contribution is 6.17. The van der Waals surface area contributed by atoms with Gasteiger partial charge >= 0.3 is 5.97 Å². The molecule has 1 aromatic heterocycles. The van der Waals surface area contributed by atoms with E-state index in [1.165, 1.54) is 6.92 Å².